The Labute approximate surface area is 153 Å². The lowest BCUT2D eigenvalue weighted by atomic mass is 10.2. The van der Waals surface area contributed by atoms with E-state index in [-0.39, 0.29) is 19.1 Å². The molecule has 2 heterocycles. The van der Waals surface area contributed by atoms with E-state index in [4.69, 9.17) is 30.3 Å². The van der Waals surface area contributed by atoms with Crippen molar-refractivity contribution < 1.29 is 23.5 Å². The van der Waals surface area contributed by atoms with Crippen LogP contribution in [0.25, 0.3) is 11.4 Å². The molecule has 0 fully saturated rings. The number of benzene rings is 2. The van der Waals surface area contributed by atoms with Crippen LogP contribution in [0.4, 0.5) is 0 Å². The highest BCUT2D eigenvalue weighted by Gasteiger charge is 2.29. The first kappa shape index (κ1) is 16.4. The third-order valence-corrected chi connectivity index (χ3v) is 3.93. The Morgan fingerprint density at radius 1 is 1.15 bits per heavy atom. The Hall–Kier alpha value is -3.06. The number of carbonyl (C=O) groups excluding carboxylic acids is 1. The molecule has 8 heteroatoms. The summed E-state index contributed by atoms with van der Waals surface area (Å²) in [7, 11) is 0. The van der Waals surface area contributed by atoms with Crippen LogP contribution >= 0.6 is 11.6 Å². The molecule has 0 spiro atoms. The molecule has 1 aromatic heterocycles. The minimum absolute atomic E-state index is 0.0791. The van der Waals surface area contributed by atoms with Crippen molar-refractivity contribution in [2.75, 3.05) is 6.61 Å². The normalized spacial score (nSPS) is 15.5. The summed E-state index contributed by atoms with van der Waals surface area (Å²) in [5, 5.41) is 4.47. The zero-order chi connectivity index (χ0) is 17.9. The van der Waals surface area contributed by atoms with E-state index in [2.05, 4.69) is 10.1 Å². The number of rotatable bonds is 4. The Morgan fingerprint density at radius 2 is 1.92 bits per heavy atom. The smallest absolute Gasteiger partial charge is 0.351 e. The number of para-hydroxylation sites is 2. The van der Waals surface area contributed by atoms with Crippen LogP contribution < -0.4 is 9.47 Å². The highest BCUT2D eigenvalue weighted by Crippen LogP contribution is 2.31. The fourth-order valence-corrected chi connectivity index (χ4v) is 2.52. The molecule has 2 aromatic carbocycles. The zero-order valence-corrected chi connectivity index (χ0v) is 14.2. The van der Waals surface area contributed by atoms with E-state index in [1.807, 2.05) is 6.07 Å². The number of esters is 1. The lowest BCUT2D eigenvalue weighted by Gasteiger charge is -2.24. The van der Waals surface area contributed by atoms with Gasteiger partial charge >= 0.3 is 5.97 Å². The van der Waals surface area contributed by atoms with E-state index in [1.165, 1.54) is 0 Å². The van der Waals surface area contributed by atoms with Gasteiger partial charge in [-0.2, -0.15) is 4.98 Å². The van der Waals surface area contributed by atoms with Crippen molar-refractivity contribution in [2.45, 2.75) is 12.7 Å². The van der Waals surface area contributed by atoms with Gasteiger partial charge in [-0.3, -0.25) is 0 Å². The molecule has 0 amide bonds. The Morgan fingerprint density at radius 3 is 2.73 bits per heavy atom. The van der Waals surface area contributed by atoms with Gasteiger partial charge in [0.15, 0.2) is 18.1 Å². The van der Waals surface area contributed by atoms with Gasteiger partial charge in [0.1, 0.15) is 6.61 Å². The van der Waals surface area contributed by atoms with E-state index < -0.39 is 12.1 Å². The largest absolute Gasteiger partial charge is 0.485 e. The second-order valence-electron chi connectivity index (χ2n) is 5.49. The van der Waals surface area contributed by atoms with Gasteiger partial charge < -0.3 is 18.7 Å². The summed E-state index contributed by atoms with van der Waals surface area (Å²) in [4.78, 5) is 16.4. The van der Waals surface area contributed by atoms with Crippen LogP contribution in [0, 0.1) is 0 Å². The van der Waals surface area contributed by atoms with Crippen molar-refractivity contribution in [2.24, 2.45) is 0 Å². The van der Waals surface area contributed by atoms with Crippen LogP contribution in [0.5, 0.6) is 11.5 Å². The molecule has 0 unspecified atom stereocenters. The van der Waals surface area contributed by atoms with Crippen LogP contribution in [-0.2, 0) is 16.1 Å². The van der Waals surface area contributed by atoms with Gasteiger partial charge in [0.25, 0.3) is 5.89 Å². The Kier molecular flexibility index (Phi) is 4.45. The molecule has 0 saturated heterocycles. The molecule has 7 nitrogen and oxygen atoms in total. The van der Waals surface area contributed by atoms with Crippen molar-refractivity contribution in [3.63, 3.8) is 0 Å². The molecule has 1 aliphatic rings. The first-order valence-corrected chi connectivity index (χ1v) is 8.20. The molecule has 4 rings (SSSR count). The number of carbonyl (C=O) groups is 1. The molecule has 3 aromatic rings. The zero-order valence-electron chi connectivity index (χ0n) is 13.4. The maximum atomic E-state index is 12.2. The van der Waals surface area contributed by atoms with Crippen LogP contribution in [0.2, 0.25) is 5.02 Å². The lowest BCUT2D eigenvalue weighted by molar-refractivity contribution is -0.156. The number of hydrogen-bond acceptors (Lipinski definition) is 7. The first-order valence-electron chi connectivity index (χ1n) is 7.83. The van der Waals surface area contributed by atoms with Gasteiger partial charge in [0.05, 0.1) is 0 Å². The predicted octanol–water partition coefficient (Wildman–Crippen LogP) is 3.27. The van der Waals surface area contributed by atoms with Crippen LogP contribution in [0.1, 0.15) is 5.89 Å². The average molecular weight is 373 g/mol. The second kappa shape index (κ2) is 7.05. The molecule has 1 aliphatic heterocycles. The van der Waals surface area contributed by atoms with Crippen molar-refractivity contribution in [1.29, 1.82) is 0 Å². The summed E-state index contributed by atoms with van der Waals surface area (Å²) >= 11 is 5.85. The highest BCUT2D eigenvalue weighted by molar-refractivity contribution is 6.30. The maximum absolute atomic E-state index is 12.2. The fourth-order valence-electron chi connectivity index (χ4n) is 2.39. The van der Waals surface area contributed by atoms with E-state index in [1.54, 1.807) is 42.5 Å². The maximum Gasteiger partial charge on any atom is 0.351 e. The number of aromatic nitrogens is 2. The fraction of sp³-hybridized carbons (Fsp3) is 0.167. The summed E-state index contributed by atoms with van der Waals surface area (Å²) in [6, 6.07) is 14.1. The van der Waals surface area contributed by atoms with Crippen LogP contribution in [0.3, 0.4) is 0 Å². The number of hydrogen-bond donors (Lipinski definition) is 0. The van der Waals surface area contributed by atoms with E-state index in [0.29, 0.717) is 22.3 Å². The standard InChI is InChI=1S/C18H13ClN2O5/c19-12-7-5-11(6-8-12)17-20-16(26-21-17)10-24-18(22)15-9-23-13-3-1-2-4-14(13)25-15/h1-8,15H,9-10H2/t15-/m1/s1. The molecule has 0 aliphatic carbocycles. The third-order valence-electron chi connectivity index (χ3n) is 3.68. The SMILES string of the molecule is O=C(OCc1nc(-c2ccc(Cl)cc2)no1)[C@H]1COc2ccccc2O1. The minimum Gasteiger partial charge on any atom is -0.485 e. The van der Waals surface area contributed by atoms with Crippen LogP contribution in [-0.4, -0.2) is 28.8 Å². The molecule has 0 bridgehead atoms. The summed E-state index contributed by atoms with van der Waals surface area (Å²) < 4.78 is 21.4. The Balaban J connectivity index is 1.36. The summed E-state index contributed by atoms with van der Waals surface area (Å²) in [5.74, 6) is 1.11. The van der Waals surface area contributed by atoms with Gasteiger partial charge in [-0.1, -0.05) is 28.9 Å². The molecular formula is C18H13ClN2O5. The van der Waals surface area contributed by atoms with Gasteiger partial charge in [-0.25, -0.2) is 4.79 Å². The third kappa shape index (κ3) is 3.48. The molecule has 0 N–H and O–H groups in total. The molecule has 0 radical (unpaired) electrons. The van der Waals surface area contributed by atoms with Crippen molar-refractivity contribution >= 4 is 17.6 Å². The predicted molar refractivity (Wildman–Crippen MR) is 90.9 cm³/mol. The van der Waals surface area contributed by atoms with E-state index in [0.717, 1.165) is 5.56 Å². The monoisotopic (exact) mass is 372 g/mol. The quantitative estimate of drug-likeness (QED) is 0.650. The summed E-state index contributed by atoms with van der Waals surface area (Å²) in [6.45, 7) is -0.0728. The van der Waals surface area contributed by atoms with Gasteiger partial charge in [0.2, 0.25) is 11.9 Å². The summed E-state index contributed by atoms with van der Waals surface area (Å²) in [6.07, 6.45) is -0.844. The lowest BCUT2D eigenvalue weighted by Crippen LogP contribution is -2.37. The van der Waals surface area contributed by atoms with E-state index >= 15 is 0 Å². The Bertz CT molecular complexity index is 925. The number of halogens is 1. The molecule has 26 heavy (non-hydrogen) atoms. The first-order chi connectivity index (χ1) is 12.7. The van der Waals surface area contributed by atoms with Crippen molar-refractivity contribution in [3.8, 4) is 22.9 Å². The topological polar surface area (TPSA) is 83.7 Å². The minimum atomic E-state index is -0.844. The van der Waals surface area contributed by atoms with Gasteiger partial charge in [-0.15, -0.1) is 0 Å². The molecule has 0 saturated carbocycles. The number of nitrogens with zero attached hydrogens (tertiary/aromatic N) is 2. The molecular weight excluding hydrogens is 360 g/mol. The highest BCUT2D eigenvalue weighted by atomic mass is 35.5. The molecule has 1 atom stereocenters. The average Bonchev–Trinajstić information content (AvgIpc) is 3.15. The van der Waals surface area contributed by atoms with Gasteiger partial charge in [-0.05, 0) is 36.4 Å². The van der Waals surface area contributed by atoms with Crippen molar-refractivity contribution in [1.82, 2.24) is 10.1 Å². The van der Waals surface area contributed by atoms with Crippen LogP contribution in [0.15, 0.2) is 53.1 Å². The number of fused-ring (bicyclic) bond motifs is 1. The van der Waals surface area contributed by atoms with Gasteiger partial charge in [0, 0.05) is 10.6 Å². The molecule has 132 valence electrons. The summed E-state index contributed by atoms with van der Waals surface area (Å²) in [5.41, 5.74) is 0.747. The van der Waals surface area contributed by atoms with E-state index in [9.17, 15) is 4.79 Å². The van der Waals surface area contributed by atoms with Crippen molar-refractivity contribution in [3.05, 3.63) is 59.4 Å². The second-order valence-corrected chi connectivity index (χ2v) is 5.93. The number of ether oxygens (including phenoxy) is 3.